The average Bonchev–Trinajstić information content (AvgIpc) is 2.86. The highest BCUT2D eigenvalue weighted by molar-refractivity contribution is 5.91. The Bertz CT molecular complexity index is 435. The lowest BCUT2D eigenvalue weighted by atomic mass is 9.86. The minimum atomic E-state index is 0.292. The lowest BCUT2D eigenvalue weighted by Crippen LogP contribution is -2.35. The van der Waals surface area contributed by atoms with Gasteiger partial charge in [0.2, 0.25) is 0 Å². The van der Waals surface area contributed by atoms with E-state index in [9.17, 15) is 0 Å². The number of rotatable bonds is 5. The minimum absolute atomic E-state index is 0.292. The van der Waals surface area contributed by atoms with Crippen molar-refractivity contribution in [1.29, 1.82) is 0 Å². The molecule has 1 heterocycles. The quantitative estimate of drug-likeness (QED) is 0.636. The number of aliphatic imine (C=N–C) groups is 1. The number of guanidine groups is 1. The summed E-state index contributed by atoms with van der Waals surface area (Å²) in [5.41, 5.74) is 6.25. The van der Waals surface area contributed by atoms with Gasteiger partial charge >= 0.3 is 0 Å². The summed E-state index contributed by atoms with van der Waals surface area (Å²) in [7, 11) is 4.25. The molecular weight excluding hydrogens is 250 g/mol. The Hall–Kier alpha value is -1.62. The number of hydrogen-bond donors (Lipinski definition) is 2. The maximum Gasteiger partial charge on any atom is 0.194 e. The van der Waals surface area contributed by atoms with E-state index in [4.69, 9.17) is 5.73 Å². The molecule has 1 saturated carbocycles. The molecule has 1 aromatic rings. The van der Waals surface area contributed by atoms with Gasteiger partial charge in [-0.15, -0.1) is 0 Å². The van der Waals surface area contributed by atoms with Crippen molar-refractivity contribution in [1.82, 2.24) is 9.88 Å². The van der Waals surface area contributed by atoms with E-state index in [1.807, 2.05) is 18.2 Å². The summed E-state index contributed by atoms with van der Waals surface area (Å²) in [4.78, 5) is 11.0. The first-order valence-electron chi connectivity index (χ1n) is 7.22. The summed E-state index contributed by atoms with van der Waals surface area (Å²) in [6.45, 7) is 1.87. The van der Waals surface area contributed by atoms with E-state index in [-0.39, 0.29) is 0 Å². The molecule has 1 aliphatic rings. The molecule has 5 heteroatoms. The summed E-state index contributed by atoms with van der Waals surface area (Å²) in [6.07, 6.45) is 6.82. The van der Waals surface area contributed by atoms with Crippen LogP contribution < -0.4 is 11.1 Å². The number of nitrogens with zero attached hydrogens (tertiary/aromatic N) is 3. The van der Waals surface area contributed by atoms with Crippen LogP contribution in [0.15, 0.2) is 29.4 Å². The van der Waals surface area contributed by atoms with Crippen LogP contribution >= 0.6 is 0 Å². The Labute approximate surface area is 121 Å². The van der Waals surface area contributed by atoms with Gasteiger partial charge in [0.05, 0.1) is 0 Å². The van der Waals surface area contributed by atoms with Gasteiger partial charge in [0.25, 0.3) is 0 Å². The van der Waals surface area contributed by atoms with Crippen molar-refractivity contribution >= 4 is 11.8 Å². The van der Waals surface area contributed by atoms with Gasteiger partial charge in [0.1, 0.15) is 5.82 Å². The van der Waals surface area contributed by atoms with Crippen molar-refractivity contribution in [3.8, 4) is 0 Å². The third-order valence-corrected chi connectivity index (χ3v) is 3.82. The fraction of sp³-hybridized carbons (Fsp3) is 0.600. The normalized spacial score (nSPS) is 18.4. The van der Waals surface area contributed by atoms with E-state index >= 15 is 0 Å². The maximum absolute atomic E-state index is 5.96. The van der Waals surface area contributed by atoms with Gasteiger partial charge in [-0.25, -0.2) is 4.98 Å². The summed E-state index contributed by atoms with van der Waals surface area (Å²) >= 11 is 0. The number of anilines is 1. The summed E-state index contributed by atoms with van der Waals surface area (Å²) in [5.74, 6) is 1.19. The van der Waals surface area contributed by atoms with Crippen LogP contribution in [-0.4, -0.2) is 43.0 Å². The lowest BCUT2D eigenvalue weighted by Gasteiger charge is -2.30. The molecule has 0 unspecified atom stereocenters. The maximum atomic E-state index is 5.96. The van der Waals surface area contributed by atoms with E-state index in [0.29, 0.717) is 11.4 Å². The zero-order valence-electron chi connectivity index (χ0n) is 12.5. The molecule has 0 amide bonds. The lowest BCUT2D eigenvalue weighted by molar-refractivity contribution is 0.210. The molecule has 0 spiro atoms. The van der Waals surface area contributed by atoms with Crippen molar-refractivity contribution in [2.75, 3.05) is 32.5 Å². The van der Waals surface area contributed by atoms with Crippen LogP contribution in [-0.2, 0) is 0 Å². The smallest absolute Gasteiger partial charge is 0.194 e. The highest BCUT2D eigenvalue weighted by Crippen LogP contribution is 2.38. The summed E-state index contributed by atoms with van der Waals surface area (Å²) < 4.78 is 0. The number of hydrogen-bond acceptors (Lipinski definition) is 3. The topological polar surface area (TPSA) is 66.5 Å². The summed E-state index contributed by atoms with van der Waals surface area (Å²) in [5, 5.41) is 3.04. The van der Waals surface area contributed by atoms with Crippen LogP contribution in [0.1, 0.15) is 25.7 Å². The van der Waals surface area contributed by atoms with E-state index in [2.05, 4.69) is 34.3 Å². The van der Waals surface area contributed by atoms with E-state index in [0.717, 1.165) is 18.9 Å². The highest BCUT2D eigenvalue weighted by atomic mass is 15.1. The molecular formula is C15H25N5. The van der Waals surface area contributed by atoms with Gasteiger partial charge in [0, 0.05) is 24.7 Å². The number of aromatic nitrogens is 1. The fourth-order valence-electron chi connectivity index (χ4n) is 3.02. The molecule has 0 radical (unpaired) electrons. The van der Waals surface area contributed by atoms with Gasteiger partial charge in [-0.1, -0.05) is 18.9 Å². The highest BCUT2D eigenvalue weighted by Gasteiger charge is 2.34. The second-order valence-corrected chi connectivity index (χ2v) is 5.99. The predicted molar refractivity (Wildman–Crippen MR) is 83.8 cm³/mol. The third-order valence-electron chi connectivity index (χ3n) is 3.82. The SMILES string of the molecule is CN(C)CC1(CN=C(N)Nc2ccccn2)CCCC1. The standard InChI is InChI=1S/C15H25N5/c1-20(2)12-15(8-4-5-9-15)11-18-14(16)19-13-7-3-6-10-17-13/h3,6-7,10H,4-5,8-9,11-12H2,1-2H3,(H3,16,17,18,19). The van der Waals surface area contributed by atoms with E-state index in [1.165, 1.54) is 25.7 Å². The Morgan fingerprint density at radius 2 is 2.15 bits per heavy atom. The molecule has 0 bridgehead atoms. The Balaban J connectivity index is 1.95. The largest absolute Gasteiger partial charge is 0.370 e. The molecule has 110 valence electrons. The van der Waals surface area contributed by atoms with Gasteiger partial charge in [-0.2, -0.15) is 0 Å². The van der Waals surface area contributed by atoms with Crippen LogP contribution in [0.25, 0.3) is 0 Å². The Morgan fingerprint density at radius 1 is 1.40 bits per heavy atom. The third kappa shape index (κ3) is 4.20. The zero-order chi connectivity index (χ0) is 14.4. The first kappa shape index (κ1) is 14.8. The number of pyridine rings is 1. The molecule has 0 saturated heterocycles. The van der Waals surface area contributed by atoms with Crippen molar-refractivity contribution in [2.24, 2.45) is 16.1 Å². The van der Waals surface area contributed by atoms with E-state index in [1.54, 1.807) is 6.20 Å². The predicted octanol–water partition coefficient (Wildman–Crippen LogP) is 1.93. The molecule has 20 heavy (non-hydrogen) atoms. The van der Waals surface area contributed by atoms with Crippen molar-refractivity contribution in [3.05, 3.63) is 24.4 Å². The van der Waals surface area contributed by atoms with E-state index < -0.39 is 0 Å². The molecule has 5 nitrogen and oxygen atoms in total. The van der Waals surface area contributed by atoms with Crippen LogP contribution in [0.5, 0.6) is 0 Å². The van der Waals surface area contributed by atoms with Crippen molar-refractivity contribution in [2.45, 2.75) is 25.7 Å². The van der Waals surface area contributed by atoms with Gasteiger partial charge < -0.3 is 16.0 Å². The molecule has 3 N–H and O–H groups in total. The fourth-order valence-corrected chi connectivity index (χ4v) is 3.02. The molecule has 0 aliphatic heterocycles. The molecule has 1 aliphatic carbocycles. The second-order valence-electron chi connectivity index (χ2n) is 5.99. The van der Waals surface area contributed by atoms with Crippen LogP contribution in [0.2, 0.25) is 0 Å². The molecule has 2 rings (SSSR count). The zero-order valence-corrected chi connectivity index (χ0v) is 12.5. The molecule has 0 atom stereocenters. The van der Waals surface area contributed by atoms with Crippen LogP contribution in [0.3, 0.4) is 0 Å². The second kappa shape index (κ2) is 6.70. The first-order valence-corrected chi connectivity index (χ1v) is 7.22. The number of nitrogens with two attached hydrogens (primary N) is 1. The first-order chi connectivity index (χ1) is 9.60. The van der Waals surface area contributed by atoms with Crippen LogP contribution in [0, 0.1) is 5.41 Å². The van der Waals surface area contributed by atoms with Gasteiger partial charge in [-0.3, -0.25) is 4.99 Å². The minimum Gasteiger partial charge on any atom is -0.370 e. The van der Waals surface area contributed by atoms with Crippen LogP contribution in [0.4, 0.5) is 5.82 Å². The van der Waals surface area contributed by atoms with Crippen molar-refractivity contribution in [3.63, 3.8) is 0 Å². The molecule has 1 fully saturated rings. The summed E-state index contributed by atoms with van der Waals surface area (Å²) in [6, 6.07) is 5.68. The Kier molecular flexibility index (Phi) is 4.95. The molecule has 1 aromatic heterocycles. The van der Waals surface area contributed by atoms with Gasteiger partial charge in [0.15, 0.2) is 5.96 Å². The molecule has 0 aromatic carbocycles. The van der Waals surface area contributed by atoms with Gasteiger partial charge in [-0.05, 0) is 39.1 Å². The average molecular weight is 275 g/mol. The Morgan fingerprint density at radius 3 is 2.75 bits per heavy atom. The number of nitrogens with one attached hydrogen (secondary N) is 1. The van der Waals surface area contributed by atoms with Crippen molar-refractivity contribution < 1.29 is 0 Å². The monoisotopic (exact) mass is 275 g/mol.